The summed E-state index contributed by atoms with van der Waals surface area (Å²) >= 11 is 0. The summed E-state index contributed by atoms with van der Waals surface area (Å²) < 4.78 is 0. The summed E-state index contributed by atoms with van der Waals surface area (Å²) in [6.07, 6.45) is 0.480. The molecule has 1 aromatic carbocycles. The van der Waals surface area contributed by atoms with E-state index >= 15 is 0 Å². The van der Waals surface area contributed by atoms with Crippen LogP contribution in [0, 0.1) is 5.92 Å². The number of aliphatic hydroxyl groups is 1. The summed E-state index contributed by atoms with van der Waals surface area (Å²) in [5.41, 5.74) is 1.15. The Morgan fingerprint density at radius 1 is 1.44 bits per heavy atom. The zero-order valence-electron chi connectivity index (χ0n) is 9.47. The first-order valence-corrected chi connectivity index (χ1v) is 5.67. The molecule has 1 aliphatic rings. The van der Waals surface area contributed by atoms with Gasteiger partial charge in [0.25, 0.3) is 0 Å². The molecule has 1 unspecified atom stereocenters. The largest absolute Gasteiger partial charge is 0.396 e. The molecule has 1 amide bonds. The van der Waals surface area contributed by atoms with Gasteiger partial charge in [0.15, 0.2) is 0 Å². The van der Waals surface area contributed by atoms with Crippen LogP contribution in [0.25, 0.3) is 0 Å². The van der Waals surface area contributed by atoms with E-state index in [0.717, 1.165) is 5.56 Å². The molecule has 3 heteroatoms. The van der Waals surface area contributed by atoms with Crippen molar-refractivity contribution in [2.45, 2.75) is 19.4 Å². The van der Waals surface area contributed by atoms with E-state index in [1.165, 1.54) is 0 Å². The lowest BCUT2D eigenvalue weighted by atomic mass is 10.1. The highest BCUT2D eigenvalue weighted by molar-refractivity contribution is 5.79. The van der Waals surface area contributed by atoms with Gasteiger partial charge in [-0.15, -0.1) is 0 Å². The van der Waals surface area contributed by atoms with E-state index in [4.69, 9.17) is 5.11 Å². The second-order valence-corrected chi connectivity index (χ2v) is 4.39. The summed E-state index contributed by atoms with van der Waals surface area (Å²) in [5.74, 6) is 0.258. The van der Waals surface area contributed by atoms with Crippen LogP contribution in [0.15, 0.2) is 30.3 Å². The molecule has 0 spiro atoms. The summed E-state index contributed by atoms with van der Waals surface area (Å²) in [6.45, 7) is 2.81. The quantitative estimate of drug-likeness (QED) is 0.838. The second kappa shape index (κ2) is 4.66. The van der Waals surface area contributed by atoms with Gasteiger partial charge >= 0.3 is 0 Å². The Morgan fingerprint density at radius 3 is 2.69 bits per heavy atom. The van der Waals surface area contributed by atoms with E-state index in [2.05, 4.69) is 0 Å². The van der Waals surface area contributed by atoms with Crippen molar-refractivity contribution in [3.05, 3.63) is 35.9 Å². The Hall–Kier alpha value is -1.35. The molecule has 2 rings (SSSR count). The predicted octanol–water partition coefficient (Wildman–Crippen LogP) is 1.59. The lowest BCUT2D eigenvalue weighted by Crippen LogP contribution is -2.28. The van der Waals surface area contributed by atoms with Gasteiger partial charge in [0.1, 0.15) is 0 Å². The molecule has 3 nitrogen and oxygen atoms in total. The number of hydrogen-bond donors (Lipinski definition) is 1. The second-order valence-electron chi connectivity index (χ2n) is 4.39. The molecular formula is C13H17NO2. The van der Waals surface area contributed by atoms with E-state index in [1.54, 1.807) is 0 Å². The Bertz CT molecular complexity index is 363. The zero-order valence-corrected chi connectivity index (χ0v) is 9.47. The fourth-order valence-corrected chi connectivity index (χ4v) is 2.22. The maximum absolute atomic E-state index is 11.8. The minimum absolute atomic E-state index is 0.101. The van der Waals surface area contributed by atoms with Crippen LogP contribution in [-0.2, 0) is 4.79 Å². The van der Waals surface area contributed by atoms with Gasteiger partial charge in [-0.05, 0) is 12.5 Å². The van der Waals surface area contributed by atoms with E-state index in [-0.39, 0.29) is 24.5 Å². The number of likely N-dealkylation sites (tertiary alicyclic amines) is 1. The third-order valence-corrected chi connectivity index (χ3v) is 3.25. The number of carbonyl (C=O) groups is 1. The minimum atomic E-state index is 0.101. The number of amides is 1. The molecular weight excluding hydrogens is 202 g/mol. The van der Waals surface area contributed by atoms with Crippen LogP contribution < -0.4 is 0 Å². The predicted molar refractivity (Wildman–Crippen MR) is 61.8 cm³/mol. The SMILES string of the molecule is CC(c1ccccc1)N1C[C@@H](CO)CC1=O. The summed E-state index contributed by atoms with van der Waals surface area (Å²) in [7, 11) is 0. The van der Waals surface area contributed by atoms with E-state index in [0.29, 0.717) is 13.0 Å². The maximum atomic E-state index is 11.8. The fraction of sp³-hybridized carbons (Fsp3) is 0.462. The maximum Gasteiger partial charge on any atom is 0.223 e. The highest BCUT2D eigenvalue weighted by Gasteiger charge is 2.32. The van der Waals surface area contributed by atoms with Crippen molar-refractivity contribution < 1.29 is 9.90 Å². The number of hydrogen-bond acceptors (Lipinski definition) is 2. The van der Waals surface area contributed by atoms with E-state index < -0.39 is 0 Å². The summed E-state index contributed by atoms with van der Waals surface area (Å²) in [4.78, 5) is 13.6. The average Bonchev–Trinajstić information content (AvgIpc) is 2.71. The molecule has 0 bridgehead atoms. The molecule has 86 valence electrons. The summed E-state index contributed by atoms with van der Waals surface area (Å²) in [6, 6.07) is 10.1. The first-order chi connectivity index (χ1) is 7.72. The van der Waals surface area contributed by atoms with Crippen LogP contribution in [0.4, 0.5) is 0 Å². The van der Waals surface area contributed by atoms with Crippen LogP contribution in [0.1, 0.15) is 24.9 Å². The van der Waals surface area contributed by atoms with Crippen molar-refractivity contribution in [2.24, 2.45) is 5.92 Å². The molecule has 16 heavy (non-hydrogen) atoms. The van der Waals surface area contributed by atoms with Crippen molar-refractivity contribution in [2.75, 3.05) is 13.2 Å². The van der Waals surface area contributed by atoms with Crippen molar-refractivity contribution >= 4 is 5.91 Å². The topological polar surface area (TPSA) is 40.5 Å². The van der Waals surface area contributed by atoms with Crippen LogP contribution in [0.3, 0.4) is 0 Å². The molecule has 2 atom stereocenters. The van der Waals surface area contributed by atoms with Crippen LogP contribution in [0.5, 0.6) is 0 Å². The van der Waals surface area contributed by atoms with Gasteiger partial charge in [0.2, 0.25) is 5.91 Å². The number of aliphatic hydroxyl groups excluding tert-OH is 1. The Balaban J connectivity index is 2.11. The van der Waals surface area contributed by atoms with Crippen LogP contribution >= 0.6 is 0 Å². The van der Waals surface area contributed by atoms with Crippen molar-refractivity contribution in [1.29, 1.82) is 0 Å². The average molecular weight is 219 g/mol. The molecule has 1 aromatic rings. The highest BCUT2D eigenvalue weighted by atomic mass is 16.3. The summed E-state index contributed by atoms with van der Waals surface area (Å²) in [5, 5.41) is 9.08. The zero-order chi connectivity index (χ0) is 11.5. The first-order valence-electron chi connectivity index (χ1n) is 5.67. The lowest BCUT2D eigenvalue weighted by Gasteiger charge is -2.25. The van der Waals surface area contributed by atoms with E-state index in [9.17, 15) is 4.79 Å². The molecule has 1 saturated heterocycles. The highest BCUT2D eigenvalue weighted by Crippen LogP contribution is 2.27. The molecule has 0 aliphatic carbocycles. The third kappa shape index (κ3) is 2.09. The van der Waals surface area contributed by atoms with E-state index in [1.807, 2.05) is 42.2 Å². The van der Waals surface area contributed by atoms with Crippen LogP contribution in [0.2, 0.25) is 0 Å². The molecule has 0 saturated carbocycles. The Morgan fingerprint density at radius 2 is 2.12 bits per heavy atom. The molecule has 1 heterocycles. The lowest BCUT2D eigenvalue weighted by molar-refractivity contribution is -0.129. The molecule has 1 N–H and O–H groups in total. The third-order valence-electron chi connectivity index (χ3n) is 3.25. The van der Waals surface area contributed by atoms with Gasteiger partial charge in [0, 0.05) is 25.5 Å². The molecule has 1 aliphatic heterocycles. The van der Waals surface area contributed by atoms with Crippen molar-refractivity contribution in [1.82, 2.24) is 4.90 Å². The smallest absolute Gasteiger partial charge is 0.223 e. The Kier molecular flexibility index (Phi) is 3.25. The fourth-order valence-electron chi connectivity index (χ4n) is 2.22. The standard InChI is InChI=1S/C13H17NO2/c1-10(12-5-3-2-4-6-12)14-8-11(9-15)7-13(14)16/h2-6,10-11,15H,7-9H2,1H3/t10?,11-/m0/s1. The Labute approximate surface area is 95.7 Å². The van der Waals surface area contributed by atoms with Gasteiger partial charge in [-0.1, -0.05) is 30.3 Å². The molecule has 0 aromatic heterocycles. The van der Waals surface area contributed by atoms with Gasteiger partial charge in [-0.25, -0.2) is 0 Å². The normalized spacial score (nSPS) is 22.5. The van der Waals surface area contributed by atoms with Gasteiger partial charge < -0.3 is 10.0 Å². The number of nitrogens with zero attached hydrogens (tertiary/aromatic N) is 1. The van der Waals surface area contributed by atoms with Gasteiger partial charge in [0.05, 0.1) is 6.04 Å². The van der Waals surface area contributed by atoms with Gasteiger partial charge in [-0.3, -0.25) is 4.79 Å². The monoisotopic (exact) mass is 219 g/mol. The first kappa shape index (κ1) is 11.1. The number of benzene rings is 1. The molecule has 1 fully saturated rings. The van der Waals surface area contributed by atoms with Crippen LogP contribution in [-0.4, -0.2) is 29.1 Å². The number of carbonyl (C=O) groups excluding carboxylic acids is 1. The van der Waals surface area contributed by atoms with Crippen molar-refractivity contribution in [3.63, 3.8) is 0 Å². The number of rotatable bonds is 3. The molecule has 0 radical (unpaired) electrons. The van der Waals surface area contributed by atoms with Crippen molar-refractivity contribution in [3.8, 4) is 0 Å². The minimum Gasteiger partial charge on any atom is -0.396 e. The van der Waals surface area contributed by atoms with Gasteiger partial charge in [-0.2, -0.15) is 0 Å².